The van der Waals surface area contributed by atoms with Crippen LogP contribution in [0, 0.1) is 0 Å². The Bertz CT molecular complexity index is 475. The highest BCUT2D eigenvalue weighted by atomic mass is 35.5. The van der Waals surface area contributed by atoms with Crippen LogP contribution in [-0.4, -0.2) is 47.2 Å². The number of amides is 2. The van der Waals surface area contributed by atoms with E-state index >= 15 is 0 Å². The minimum absolute atomic E-state index is 0.0363. The van der Waals surface area contributed by atoms with E-state index in [-0.39, 0.29) is 17.7 Å². The minimum atomic E-state index is -0.309. The fourth-order valence-corrected chi connectivity index (χ4v) is 2.87. The molecule has 1 heterocycles. The maximum absolute atomic E-state index is 12.4. The molecule has 1 aliphatic heterocycles. The van der Waals surface area contributed by atoms with E-state index in [1.807, 2.05) is 16.7 Å². The SMILES string of the molecule is O=C(CCl)Nc1ccccc1C(=O)N1CCSCC1. The van der Waals surface area contributed by atoms with Crippen LogP contribution in [0.2, 0.25) is 0 Å². The summed E-state index contributed by atoms with van der Waals surface area (Å²) in [6.07, 6.45) is 0. The van der Waals surface area contributed by atoms with E-state index in [2.05, 4.69) is 5.32 Å². The Morgan fingerprint density at radius 2 is 1.95 bits per heavy atom. The molecule has 1 aromatic carbocycles. The summed E-state index contributed by atoms with van der Waals surface area (Å²) in [5.74, 6) is 1.45. The van der Waals surface area contributed by atoms with Gasteiger partial charge >= 0.3 is 0 Å². The number of rotatable bonds is 3. The van der Waals surface area contributed by atoms with Crippen molar-refractivity contribution in [3.8, 4) is 0 Å². The van der Waals surface area contributed by atoms with Crippen LogP contribution in [0.5, 0.6) is 0 Å². The molecule has 0 radical (unpaired) electrons. The van der Waals surface area contributed by atoms with E-state index in [9.17, 15) is 9.59 Å². The molecule has 0 unspecified atom stereocenters. The lowest BCUT2D eigenvalue weighted by atomic mass is 10.1. The van der Waals surface area contributed by atoms with Gasteiger partial charge < -0.3 is 10.2 Å². The zero-order valence-corrected chi connectivity index (χ0v) is 12.0. The van der Waals surface area contributed by atoms with Crippen molar-refractivity contribution in [3.63, 3.8) is 0 Å². The quantitative estimate of drug-likeness (QED) is 0.869. The van der Waals surface area contributed by atoms with Crippen LogP contribution in [0.3, 0.4) is 0 Å². The predicted octanol–water partition coefficient (Wildman–Crippen LogP) is 2.05. The van der Waals surface area contributed by atoms with Gasteiger partial charge in [-0.25, -0.2) is 0 Å². The van der Waals surface area contributed by atoms with Crippen LogP contribution < -0.4 is 5.32 Å². The van der Waals surface area contributed by atoms with E-state index in [1.54, 1.807) is 24.3 Å². The Morgan fingerprint density at radius 1 is 1.26 bits per heavy atom. The van der Waals surface area contributed by atoms with Crippen LogP contribution in [0.4, 0.5) is 5.69 Å². The van der Waals surface area contributed by atoms with Gasteiger partial charge in [0.05, 0.1) is 11.3 Å². The number of carbonyl (C=O) groups is 2. The number of hydrogen-bond acceptors (Lipinski definition) is 3. The smallest absolute Gasteiger partial charge is 0.256 e. The normalized spacial score (nSPS) is 15.1. The molecule has 1 N–H and O–H groups in total. The van der Waals surface area contributed by atoms with Gasteiger partial charge in [-0.05, 0) is 12.1 Å². The summed E-state index contributed by atoms with van der Waals surface area (Å²) in [6, 6.07) is 7.03. The molecule has 0 atom stereocenters. The average Bonchev–Trinajstić information content (AvgIpc) is 2.48. The van der Waals surface area contributed by atoms with Gasteiger partial charge in [0.2, 0.25) is 5.91 Å². The molecule has 19 heavy (non-hydrogen) atoms. The lowest BCUT2D eigenvalue weighted by Gasteiger charge is -2.27. The Morgan fingerprint density at radius 3 is 2.63 bits per heavy atom. The highest BCUT2D eigenvalue weighted by Crippen LogP contribution is 2.19. The van der Waals surface area contributed by atoms with Crippen molar-refractivity contribution in [1.29, 1.82) is 0 Å². The first-order valence-electron chi connectivity index (χ1n) is 6.04. The molecular weight excluding hydrogens is 284 g/mol. The molecule has 4 nitrogen and oxygen atoms in total. The average molecular weight is 299 g/mol. The van der Waals surface area contributed by atoms with Crippen LogP contribution in [-0.2, 0) is 4.79 Å². The molecule has 1 aliphatic rings. The van der Waals surface area contributed by atoms with E-state index in [0.29, 0.717) is 11.3 Å². The highest BCUT2D eigenvalue weighted by molar-refractivity contribution is 7.99. The number of para-hydroxylation sites is 1. The summed E-state index contributed by atoms with van der Waals surface area (Å²) in [6.45, 7) is 1.50. The van der Waals surface area contributed by atoms with Crippen molar-refractivity contribution >= 4 is 40.9 Å². The Balaban J connectivity index is 2.18. The fraction of sp³-hybridized carbons (Fsp3) is 0.385. The molecule has 6 heteroatoms. The Kier molecular flexibility index (Phi) is 5.10. The Hall–Kier alpha value is -1.20. The van der Waals surface area contributed by atoms with Gasteiger partial charge in [0.15, 0.2) is 0 Å². The van der Waals surface area contributed by atoms with E-state index in [1.165, 1.54) is 0 Å². The number of nitrogens with zero attached hydrogens (tertiary/aromatic N) is 1. The standard InChI is InChI=1S/C13H15ClN2O2S/c14-9-12(17)15-11-4-2-1-3-10(11)13(18)16-5-7-19-8-6-16/h1-4H,5-9H2,(H,15,17). The largest absolute Gasteiger partial charge is 0.337 e. The molecule has 0 bridgehead atoms. The molecule has 0 aliphatic carbocycles. The summed E-state index contributed by atoms with van der Waals surface area (Å²) in [5.41, 5.74) is 1.05. The second-order valence-corrected chi connectivity index (χ2v) is 5.62. The maximum Gasteiger partial charge on any atom is 0.256 e. The van der Waals surface area contributed by atoms with Gasteiger partial charge in [-0.15, -0.1) is 11.6 Å². The molecule has 102 valence electrons. The zero-order valence-electron chi connectivity index (χ0n) is 10.4. The summed E-state index contributed by atoms with van der Waals surface area (Å²) in [7, 11) is 0. The fourth-order valence-electron chi connectivity index (χ4n) is 1.90. The number of benzene rings is 1. The van der Waals surface area contributed by atoms with Gasteiger partial charge in [-0.3, -0.25) is 9.59 Å². The second kappa shape index (κ2) is 6.82. The van der Waals surface area contributed by atoms with Crippen LogP contribution >= 0.6 is 23.4 Å². The molecule has 0 aromatic heterocycles. The predicted molar refractivity (Wildman–Crippen MR) is 79.0 cm³/mol. The summed E-state index contributed by atoms with van der Waals surface area (Å²) in [5, 5.41) is 2.66. The van der Waals surface area contributed by atoms with Crippen LogP contribution in [0.25, 0.3) is 0 Å². The molecule has 0 saturated carbocycles. The third-order valence-electron chi connectivity index (χ3n) is 2.85. The van der Waals surface area contributed by atoms with Crippen molar-refractivity contribution in [2.75, 3.05) is 35.8 Å². The van der Waals surface area contributed by atoms with Gasteiger partial charge in [-0.2, -0.15) is 11.8 Å². The third kappa shape index (κ3) is 3.64. The van der Waals surface area contributed by atoms with E-state index < -0.39 is 0 Å². The lowest BCUT2D eigenvalue weighted by Crippen LogP contribution is -2.38. The topological polar surface area (TPSA) is 49.4 Å². The first-order chi connectivity index (χ1) is 9.22. The number of alkyl halides is 1. The lowest BCUT2D eigenvalue weighted by molar-refractivity contribution is -0.113. The summed E-state index contributed by atoms with van der Waals surface area (Å²) >= 11 is 7.32. The minimum Gasteiger partial charge on any atom is -0.337 e. The number of nitrogens with one attached hydrogen (secondary N) is 1. The van der Waals surface area contributed by atoms with Crippen molar-refractivity contribution in [2.24, 2.45) is 0 Å². The number of anilines is 1. The molecular formula is C13H15ClN2O2S. The maximum atomic E-state index is 12.4. The van der Waals surface area contributed by atoms with Gasteiger partial charge in [0.1, 0.15) is 5.88 Å². The van der Waals surface area contributed by atoms with Crippen molar-refractivity contribution in [2.45, 2.75) is 0 Å². The van der Waals surface area contributed by atoms with Crippen molar-refractivity contribution < 1.29 is 9.59 Å². The molecule has 0 spiro atoms. The van der Waals surface area contributed by atoms with Crippen molar-refractivity contribution in [3.05, 3.63) is 29.8 Å². The zero-order chi connectivity index (χ0) is 13.7. The number of thioether (sulfide) groups is 1. The molecule has 2 rings (SSSR count). The molecule has 1 fully saturated rings. The summed E-state index contributed by atoms with van der Waals surface area (Å²) in [4.78, 5) is 25.6. The monoisotopic (exact) mass is 298 g/mol. The second-order valence-electron chi connectivity index (χ2n) is 4.13. The first-order valence-corrected chi connectivity index (χ1v) is 7.73. The third-order valence-corrected chi connectivity index (χ3v) is 4.04. The summed E-state index contributed by atoms with van der Waals surface area (Å²) < 4.78 is 0. The Labute approximate surface area is 121 Å². The van der Waals surface area contributed by atoms with Crippen LogP contribution in [0.15, 0.2) is 24.3 Å². The van der Waals surface area contributed by atoms with E-state index in [4.69, 9.17) is 11.6 Å². The molecule has 1 aromatic rings. The van der Waals surface area contributed by atoms with Gasteiger partial charge in [-0.1, -0.05) is 12.1 Å². The van der Waals surface area contributed by atoms with Gasteiger partial charge in [0, 0.05) is 24.6 Å². The number of hydrogen-bond donors (Lipinski definition) is 1. The van der Waals surface area contributed by atoms with Crippen LogP contribution in [0.1, 0.15) is 10.4 Å². The molecule has 1 saturated heterocycles. The molecule has 2 amide bonds. The first kappa shape index (κ1) is 14.2. The highest BCUT2D eigenvalue weighted by Gasteiger charge is 2.21. The van der Waals surface area contributed by atoms with Gasteiger partial charge in [0.25, 0.3) is 5.91 Å². The van der Waals surface area contributed by atoms with E-state index in [0.717, 1.165) is 24.6 Å². The number of halogens is 1. The van der Waals surface area contributed by atoms with Crippen molar-refractivity contribution in [1.82, 2.24) is 4.90 Å². The number of carbonyl (C=O) groups excluding carboxylic acids is 2.